The molecule has 3 N–H and O–H groups in total. The first-order valence-corrected chi connectivity index (χ1v) is 10.5. The molecule has 34 heavy (non-hydrogen) atoms. The maximum Gasteiger partial charge on any atom is 0.416 e. The number of nitrogens with one attached hydrogen (secondary N) is 2. The number of halogens is 3. The number of ether oxygens (including phenoxy) is 1. The van der Waals surface area contributed by atoms with Gasteiger partial charge < -0.3 is 20.6 Å². The quantitative estimate of drug-likeness (QED) is 0.446. The number of hydrogen-bond donors (Lipinski definition) is 3. The Balaban J connectivity index is 1.49. The second-order valence-corrected chi connectivity index (χ2v) is 8.15. The van der Waals surface area contributed by atoms with Crippen molar-refractivity contribution >= 4 is 18.0 Å². The number of hydrogen-bond acceptors (Lipinski definition) is 5. The Kier molecular flexibility index (Phi) is 6.03. The van der Waals surface area contributed by atoms with Crippen molar-refractivity contribution in [1.82, 2.24) is 5.32 Å². The third kappa shape index (κ3) is 4.46. The van der Waals surface area contributed by atoms with Crippen LogP contribution >= 0.6 is 0 Å². The number of rotatable bonds is 8. The molecule has 1 unspecified atom stereocenters. The fourth-order valence-electron chi connectivity index (χ4n) is 3.97. The Morgan fingerprint density at radius 3 is 2.47 bits per heavy atom. The van der Waals surface area contributed by atoms with Gasteiger partial charge in [0, 0.05) is 18.7 Å². The molecule has 0 saturated carbocycles. The first-order valence-electron chi connectivity index (χ1n) is 10.5. The summed E-state index contributed by atoms with van der Waals surface area (Å²) in [5.74, 6) is 0.217. The van der Waals surface area contributed by atoms with Crippen LogP contribution in [0.25, 0.3) is 0 Å². The van der Waals surface area contributed by atoms with Gasteiger partial charge >= 0.3 is 12.1 Å². The maximum absolute atomic E-state index is 12.8. The molecule has 2 atom stereocenters. The van der Waals surface area contributed by atoms with E-state index < -0.39 is 23.1 Å². The summed E-state index contributed by atoms with van der Waals surface area (Å²) in [6.07, 6.45) is 0.770. The van der Waals surface area contributed by atoms with Gasteiger partial charge in [-0.3, -0.25) is 0 Å². The Morgan fingerprint density at radius 2 is 1.88 bits per heavy atom. The molecule has 6 nitrogen and oxygen atoms in total. The van der Waals surface area contributed by atoms with E-state index in [0.29, 0.717) is 23.6 Å². The summed E-state index contributed by atoms with van der Waals surface area (Å²) in [4.78, 5) is 15.5. The van der Waals surface area contributed by atoms with Crippen LogP contribution in [-0.2, 0) is 17.5 Å². The van der Waals surface area contributed by atoms with E-state index in [9.17, 15) is 18.0 Å². The summed E-state index contributed by atoms with van der Waals surface area (Å²) >= 11 is 0. The maximum atomic E-state index is 12.8. The Morgan fingerprint density at radius 1 is 1.21 bits per heavy atom. The van der Waals surface area contributed by atoms with E-state index in [1.165, 1.54) is 30.5 Å². The number of alkyl halides is 3. The molecule has 0 aromatic heterocycles. The molecule has 0 amide bonds. The highest BCUT2D eigenvalue weighted by molar-refractivity contribution is 6.08. The van der Waals surface area contributed by atoms with Gasteiger partial charge in [0.1, 0.15) is 18.2 Å². The molecule has 4 rings (SSSR count). The Bertz CT molecular complexity index is 1200. The lowest BCUT2D eigenvalue weighted by molar-refractivity contribution is -0.137. The summed E-state index contributed by atoms with van der Waals surface area (Å²) in [7, 11) is 0. The molecule has 1 aliphatic heterocycles. The van der Waals surface area contributed by atoms with Gasteiger partial charge in [-0.2, -0.15) is 13.2 Å². The van der Waals surface area contributed by atoms with E-state index in [-0.39, 0.29) is 18.2 Å². The number of carboxylic acids is 1. The standard InChI is InChI=1S/C25H22F3N3O3/c1-15(17-4-6-18(7-5-17)23(32)33)31-22-20-21(24(20,10-12-29)11-13-30-22)34-14-16-2-8-19(9-3-16)25(26,27)28/h2-9,11-13,15,29H,10,14H2,1H3,(H,30,31)(H,32,33)/t15-,24?/m0/s1. The molecule has 2 aliphatic rings. The topological polar surface area (TPSA) is 94.8 Å². The van der Waals surface area contributed by atoms with Gasteiger partial charge in [-0.05, 0) is 54.6 Å². The minimum atomic E-state index is -4.39. The molecule has 0 radical (unpaired) electrons. The zero-order valence-electron chi connectivity index (χ0n) is 18.2. The van der Waals surface area contributed by atoms with Crippen molar-refractivity contribution in [3.8, 4) is 0 Å². The number of aromatic carboxylic acids is 1. The number of carboxylic acid groups (broad SMARTS) is 1. The largest absolute Gasteiger partial charge is 0.491 e. The van der Waals surface area contributed by atoms with Crippen molar-refractivity contribution in [2.24, 2.45) is 10.4 Å². The molecular weight excluding hydrogens is 447 g/mol. The number of benzene rings is 2. The zero-order valence-corrected chi connectivity index (χ0v) is 18.2. The van der Waals surface area contributed by atoms with Crippen molar-refractivity contribution in [2.45, 2.75) is 32.2 Å². The van der Waals surface area contributed by atoms with Crippen LogP contribution in [0.2, 0.25) is 0 Å². The fourth-order valence-corrected chi connectivity index (χ4v) is 3.97. The molecular formula is C25H22F3N3O3. The van der Waals surface area contributed by atoms with E-state index in [4.69, 9.17) is 15.3 Å². The minimum absolute atomic E-state index is 0.0873. The van der Waals surface area contributed by atoms with Crippen LogP contribution in [0.5, 0.6) is 0 Å². The third-order valence-corrected chi connectivity index (χ3v) is 5.91. The molecule has 9 heteroatoms. The van der Waals surface area contributed by atoms with Crippen LogP contribution in [0.15, 0.2) is 77.1 Å². The minimum Gasteiger partial charge on any atom is -0.491 e. The second kappa shape index (κ2) is 8.81. The molecule has 1 heterocycles. The van der Waals surface area contributed by atoms with Gasteiger partial charge in [0.2, 0.25) is 0 Å². The van der Waals surface area contributed by atoms with Crippen molar-refractivity contribution in [2.75, 3.05) is 0 Å². The smallest absolute Gasteiger partial charge is 0.416 e. The van der Waals surface area contributed by atoms with Crippen molar-refractivity contribution in [1.29, 1.82) is 5.41 Å². The molecule has 176 valence electrons. The Labute approximate surface area is 194 Å². The monoisotopic (exact) mass is 469 g/mol. The average molecular weight is 469 g/mol. The fraction of sp³-hybridized carbons (Fsp3) is 0.240. The van der Waals surface area contributed by atoms with Crippen LogP contribution < -0.4 is 5.32 Å². The van der Waals surface area contributed by atoms with Crippen molar-refractivity contribution in [3.63, 3.8) is 0 Å². The average Bonchev–Trinajstić information content (AvgIpc) is 3.45. The predicted molar refractivity (Wildman–Crippen MR) is 121 cm³/mol. The lowest BCUT2D eigenvalue weighted by Crippen LogP contribution is -2.29. The summed E-state index contributed by atoms with van der Waals surface area (Å²) in [5, 5.41) is 20.0. The van der Waals surface area contributed by atoms with Gasteiger partial charge in [0.05, 0.1) is 22.1 Å². The predicted octanol–water partition coefficient (Wildman–Crippen LogP) is 5.49. The normalized spacial score (nSPS) is 19.7. The van der Waals surface area contributed by atoms with E-state index in [1.54, 1.807) is 18.3 Å². The second-order valence-electron chi connectivity index (χ2n) is 8.15. The van der Waals surface area contributed by atoms with Crippen molar-refractivity contribution in [3.05, 3.63) is 94.4 Å². The number of fused-ring (bicyclic) bond motifs is 1. The molecule has 2 aromatic carbocycles. The highest BCUT2D eigenvalue weighted by Crippen LogP contribution is 2.58. The summed E-state index contributed by atoms with van der Waals surface area (Å²) in [5.41, 5.74) is 1.16. The summed E-state index contributed by atoms with van der Waals surface area (Å²) in [6.45, 7) is 2.00. The van der Waals surface area contributed by atoms with E-state index >= 15 is 0 Å². The third-order valence-electron chi connectivity index (χ3n) is 5.91. The first-order chi connectivity index (χ1) is 16.2. The lowest BCUT2D eigenvalue weighted by atomic mass is 9.93. The number of nitrogens with zero attached hydrogens (tertiary/aromatic N) is 1. The number of allylic oxidation sites excluding steroid dienone is 1. The number of amidine groups is 1. The van der Waals surface area contributed by atoms with Crippen LogP contribution in [0.3, 0.4) is 0 Å². The molecule has 0 spiro atoms. The van der Waals surface area contributed by atoms with Crippen LogP contribution in [0.1, 0.15) is 46.4 Å². The highest BCUT2D eigenvalue weighted by Gasteiger charge is 2.57. The van der Waals surface area contributed by atoms with Gasteiger partial charge in [0.15, 0.2) is 0 Å². The van der Waals surface area contributed by atoms with Crippen LogP contribution in [0, 0.1) is 10.8 Å². The van der Waals surface area contributed by atoms with Gasteiger partial charge in [-0.15, -0.1) is 0 Å². The van der Waals surface area contributed by atoms with Crippen molar-refractivity contribution < 1.29 is 27.8 Å². The molecule has 0 bridgehead atoms. The SMILES string of the molecule is C[C@H](NC1=NC=CC2(CC=N)C(OCc3ccc(C(F)(F)F)cc3)=C12)c1ccc(C(=O)O)cc1. The molecule has 1 aliphatic carbocycles. The van der Waals surface area contributed by atoms with Gasteiger partial charge in [-0.1, -0.05) is 24.3 Å². The van der Waals surface area contributed by atoms with E-state index in [0.717, 1.165) is 23.3 Å². The molecule has 0 fully saturated rings. The zero-order chi connectivity index (χ0) is 24.5. The van der Waals surface area contributed by atoms with Gasteiger partial charge in [0.25, 0.3) is 0 Å². The number of carbonyl (C=O) groups is 1. The van der Waals surface area contributed by atoms with Crippen LogP contribution in [-0.4, -0.2) is 23.1 Å². The summed E-state index contributed by atoms with van der Waals surface area (Å²) in [6, 6.07) is 11.2. The summed E-state index contributed by atoms with van der Waals surface area (Å²) < 4.78 is 44.4. The molecule has 0 saturated heterocycles. The Hall–Kier alpha value is -3.88. The first kappa shape index (κ1) is 23.3. The van der Waals surface area contributed by atoms with E-state index in [2.05, 4.69) is 10.3 Å². The van der Waals surface area contributed by atoms with Crippen LogP contribution in [0.4, 0.5) is 13.2 Å². The van der Waals surface area contributed by atoms with Gasteiger partial charge in [-0.25, -0.2) is 9.79 Å². The molecule has 2 aromatic rings. The lowest BCUT2D eigenvalue weighted by Gasteiger charge is -2.20. The highest BCUT2D eigenvalue weighted by atomic mass is 19.4. The van der Waals surface area contributed by atoms with E-state index in [1.807, 2.05) is 13.0 Å². The number of aliphatic imine (C=N–C) groups is 1.